The number of aromatic nitrogens is 2. The molecule has 0 N–H and O–H groups in total. The Labute approximate surface area is 107 Å². The van der Waals surface area contributed by atoms with Gasteiger partial charge in [-0.3, -0.25) is 4.57 Å². The lowest BCUT2D eigenvalue weighted by Crippen LogP contribution is -1.99. The summed E-state index contributed by atoms with van der Waals surface area (Å²) in [6.45, 7) is 6.31. The van der Waals surface area contributed by atoms with Crippen LogP contribution in [0.25, 0.3) is 16.7 Å². The van der Waals surface area contributed by atoms with E-state index in [4.69, 9.17) is 0 Å². The van der Waals surface area contributed by atoms with Gasteiger partial charge in [0.25, 0.3) is 0 Å². The average molecular weight is 236 g/mol. The van der Waals surface area contributed by atoms with Crippen molar-refractivity contribution in [3.8, 4) is 5.69 Å². The van der Waals surface area contributed by atoms with Gasteiger partial charge in [-0.1, -0.05) is 24.3 Å². The molecule has 0 aliphatic rings. The Morgan fingerprint density at radius 1 is 0.944 bits per heavy atom. The number of rotatable bonds is 1. The second kappa shape index (κ2) is 3.98. The Balaban J connectivity index is 2.38. The van der Waals surface area contributed by atoms with E-state index in [1.54, 1.807) is 0 Å². The zero-order chi connectivity index (χ0) is 12.7. The SMILES string of the molecule is Cc1ccc2nc(C)n(-c3ccccc3C)c2c1. The van der Waals surface area contributed by atoms with Gasteiger partial charge in [0.1, 0.15) is 5.82 Å². The Morgan fingerprint density at radius 2 is 1.72 bits per heavy atom. The lowest BCUT2D eigenvalue weighted by Gasteiger charge is -2.10. The van der Waals surface area contributed by atoms with E-state index in [2.05, 4.69) is 72.8 Å². The lowest BCUT2D eigenvalue weighted by molar-refractivity contribution is 0.990. The highest BCUT2D eigenvalue weighted by Gasteiger charge is 2.10. The van der Waals surface area contributed by atoms with Crippen molar-refractivity contribution in [2.24, 2.45) is 0 Å². The molecule has 0 saturated heterocycles. The van der Waals surface area contributed by atoms with Crippen LogP contribution < -0.4 is 0 Å². The molecule has 1 aromatic heterocycles. The second-order valence-corrected chi connectivity index (χ2v) is 4.77. The van der Waals surface area contributed by atoms with E-state index in [-0.39, 0.29) is 0 Å². The second-order valence-electron chi connectivity index (χ2n) is 4.77. The molecular formula is C16H16N2. The molecule has 0 unspecified atom stereocenters. The molecule has 0 aliphatic heterocycles. The zero-order valence-electron chi connectivity index (χ0n) is 10.9. The highest BCUT2D eigenvalue weighted by molar-refractivity contribution is 5.79. The molecule has 0 bridgehead atoms. The van der Waals surface area contributed by atoms with E-state index >= 15 is 0 Å². The van der Waals surface area contributed by atoms with Crippen LogP contribution in [0.2, 0.25) is 0 Å². The van der Waals surface area contributed by atoms with Crippen LogP contribution in [0.4, 0.5) is 0 Å². The summed E-state index contributed by atoms with van der Waals surface area (Å²) >= 11 is 0. The third kappa shape index (κ3) is 1.61. The Morgan fingerprint density at radius 3 is 2.50 bits per heavy atom. The van der Waals surface area contributed by atoms with Crippen molar-refractivity contribution in [3.63, 3.8) is 0 Å². The number of hydrogen-bond donors (Lipinski definition) is 0. The number of para-hydroxylation sites is 1. The number of nitrogens with zero attached hydrogens (tertiary/aromatic N) is 2. The van der Waals surface area contributed by atoms with Crippen molar-refractivity contribution >= 4 is 11.0 Å². The molecular weight excluding hydrogens is 220 g/mol. The Hall–Kier alpha value is -2.09. The number of imidazole rings is 1. The first kappa shape index (κ1) is 11.0. The summed E-state index contributed by atoms with van der Waals surface area (Å²) < 4.78 is 2.23. The average Bonchev–Trinajstić information content (AvgIpc) is 2.66. The van der Waals surface area contributed by atoms with Gasteiger partial charge in [-0.2, -0.15) is 0 Å². The maximum absolute atomic E-state index is 4.63. The van der Waals surface area contributed by atoms with Gasteiger partial charge in [0.15, 0.2) is 0 Å². The normalized spacial score (nSPS) is 11.1. The summed E-state index contributed by atoms with van der Waals surface area (Å²) in [4.78, 5) is 4.63. The largest absolute Gasteiger partial charge is 0.296 e. The van der Waals surface area contributed by atoms with Crippen molar-refractivity contribution in [1.29, 1.82) is 0 Å². The summed E-state index contributed by atoms with van der Waals surface area (Å²) in [7, 11) is 0. The molecule has 0 spiro atoms. The van der Waals surface area contributed by atoms with E-state index in [1.807, 2.05) is 0 Å². The number of benzene rings is 2. The Kier molecular flexibility index (Phi) is 2.44. The van der Waals surface area contributed by atoms with Crippen molar-refractivity contribution in [2.45, 2.75) is 20.8 Å². The van der Waals surface area contributed by atoms with Crippen LogP contribution >= 0.6 is 0 Å². The van der Waals surface area contributed by atoms with E-state index < -0.39 is 0 Å². The third-order valence-electron chi connectivity index (χ3n) is 3.33. The summed E-state index contributed by atoms with van der Waals surface area (Å²) in [6.07, 6.45) is 0. The lowest BCUT2D eigenvalue weighted by atomic mass is 10.2. The molecule has 90 valence electrons. The highest BCUT2D eigenvalue weighted by atomic mass is 15.1. The minimum atomic E-state index is 1.03. The summed E-state index contributed by atoms with van der Waals surface area (Å²) in [5, 5.41) is 0. The maximum atomic E-state index is 4.63. The standard InChI is InChI=1S/C16H16N2/c1-11-8-9-14-16(10-11)18(13(3)17-14)15-7-5-4-6-12(15)2/h4-10H,1-3H3. The fraction of sp³-hybridized carbons (Fsp3) is 0.188. The van der Waals surface area contributed by atoms with Gasteiger partial charge in [0.2, 0.25) is 0 Å². The maximum Gasteiger partial charge on any atom is 0.111 e. The molecule has 0 radical (unpaired) electrons. The van der Waals surface area contributed by atoms with Crippen LogP contribution in [0.15, 0.2) is 42.5 Å². The minimum absolute atomic E-state index is 1.03. The van der Waals surface area contributed by atoms with Crippen molar-refractivity contribution in [3.05, 3.63) is 59.4 Å². The van der Waals surface area contributed by atoms with Crippen LogP contribution in [0.1, 0.15) is 17.0 Å². The van der Waals surface area contributed by atoms with Crippen LogP contribution in [-0.2, 0) is 0 Å². The van der Waals surface area contributed by atoms with Gasteiger partial charge in [-0.15, -0.1) is 0 Å². The Bertz CT molecular complexity index is 723. The molecule has 0 atom stereocenters. The van der Waals surface area contributed by atoms with Gasteiger partial charge in [0.05, 0.1) is 16.7 Å². The van der Waals surface area contributed by atoms with E-state index in [1.165, 1.54) is 22.3 Å². The van der Waals surface area contributed by atoms with Crippen molar-refractivity contribution < 1.29 is 0 Å². The molecule has 1 heterocycles. The molecule has 0 aliphatic carbocycles. The fourth-order valence-electron chi connectivity index (χ4n) is 2.42. The molecule has 3 rings (SSSR count). The monoisotopic (exact) mass is 236 g/mol. The molecule has 0 fully saturated rings. The first-order chi connectivity index (χ1) is 8.66. The van der Waals surface area contributed by atoms with E-state index in [0.29, 0.717) is 0 Å². The molecule has 2 heteroatoms. The number of hydrogen-bond acceptors (Lipinski definition) is 1. The summed E-state index contributed by atoms with van der Waals surface area (Å²) in [5.74, 6) is 1.03. The quantitative estimate of drug-likeness (QED) is 0.625. The van der Waals surface area contributed by atoms with E-state index in [0.717, 1.165) is 11.3 Å². The van der Waals surface area contributed by atoms with Crippen LogP contribution in [0, 0.1) is 20.8 Å². The van der Waals surface area contributed by atoms with Crippen LogP contribution in [-0.4, -0.2) is 9.55 Å². The molecule has 2 aromatic carbocycles. The first-order valence-corrected chi connectivity index (χ1v) is 6.18. The summed E-state index contributed by atoms with van der Waals surface area (Å²) in [5.41, 5.74) is 5.98. The third-order valence-corrected chi connectivity index (χ3v) is 3.33. The minimum Gasteiger partial charge on any atom is -0.296 e. The molecule has 18 heavy (non-hydrogen) atoms. The predicted molar refractivity (Wildman–Crippen MR) is 75.3 cm³/mol. The molecule has 0 amide bonds. The van der Waals surface area contributed by atoms with Crippen LogP contribution in [0.3, 0.4) is 0 Å². The zero-order valence-corrected chi connectivity index (χ0v) is 10.9. The number of aryl methyl sites for hydroxylation is 3. The van der Waals surface area contributed by atoms with Crippen molar-refractivity contribution in [2.75, 3.05) is 0 Å². The molecule has 3 aromatic rings. The van der Waals surface area contributed by atoms with Gasteiger partial charge in [-0.05, 0) is 50.1 Å². The highest BCUT2D eigenvalue weighted by Crippen LogP contribution is 2.24. The summed E-state index contributed by atoms with van der Waals surface area (Å²) in [6, 6.07) is 14.8. The van der Waals surface area contributed by atoms with Gasteiger partial charge in [0, 0.05) is 0 Å². The molecule has 0 saturated carbocycles. The fourth-order valence-corrected chi connectivity index (χ4v) is 2.42. The van der Waals surface area contributed by atoms with Gasteiger partial charge in [-0.25, -0.2) is 4.98 Å². The van der Waals surface area contributed by atoms with Crippen molar-refractivity contribution in [1.82, 2.24) is 9.55 Å². The topological polar surface area (TPSA) is 17.8 Å². The first-order valence-electron chi connectivity index (χ1n) is 6.18. The van der Waals surface area contributed by atoms with Crippen LogP contribution in [0.5, 0.6) is 0 Å². The smallest absolute Gasteiger partial charge is 0.111 e. The van der Waals surface area contributed by atoms with E-state index in [9.17, 15) is 0 Å². The predicted octanol–water partition coefficient (Wildman–Crippen LogP) is 3.95. The van der Waals surface area contributed by atoms with Gasteiger partial charge >= 0.3 is 0 Å². The van der Waals surface area contributed by atoms with Gasteiger partial charge < -0.3 is 0 Å². The number of fused-ring (bicyclic) bond motifs is 1. The molecule has 2 nitrogen and oxygen atoms in total.